The van der Waals surface area contributed by atoms with Crippen molar-refractivity contribution < 1.29 is 5.11 Å². The molecule has 1 aliphatic heterocycles. The Hall–Kier alpha value is -0.160. The summed E-state index contributed by atoms with van der Waals surface area (Å²) in [4.78, 5) is 2.56. The lowest BCUT2D eigenvalue weighted by Crippen LogP contribution is -2.48. The molecule has 4 N–H and O–H groups in total. The predicted octanol–water partition coefficient (Wildman–Crippen LogP) is 0.940. The maximum Gasteiger partial charge on any atom is 0.0540 e. The summed E-state index contributed by atoms with van der Waals surface area (Å²) in [6.45, 7) is 5.27. The van der Waals surface area contributed by atoms with E-state index in [2.05, 4.69) is 10.2 Å². The van der Waals surface area contributed by atoms with E-state index in [-0.39, 0.29) is 6.10 Å². The molecule has 0 aromatic rings. The van der Waals surface area contributed by atoms with E-state index >= 15 is 0 Å². The van der Waals surface area contributed by atoms with E-state index in [0.717, 1.165) is 44.9 Å². The summed E-state index contributed by atoms with van der Waals surface area (Å²) in [5.41, 5.74) is 5.69. The average Bonchev–Trinajstić information content (AvgIpc) is 2.43. The molecule has 4 nitrogen and oxygen atoms in total. The van der Waals surface area contributed by atoms with Gasteiger partial charge < -0.3 is 16.2 Å². The molecule has 2 aliphatic rings. The Morgan fingerprint density at radius 3 is 2.58 bits per heavy atom. The van der Waals surface area contributed by atoms with Crippen molar-refractivity contribution in [3.05, 3.63) is 0 Å². The summed E-state index contributed by atoms with van der Waals surface area (Å²) < 4.78 is 0. The summed E-state index contributed by atoms with van der Waals surface area (Å²) in [5.74, 6) is 0.773. The van der Waals surface area contributed by atoms with Gasteiger partial charge in [0.05, 0.1) is 6.10 Å². The third kappa shape index (κ3) is 5.03. The first-order valence-electron chi connectivity index (χ1n) is 8.12. The van der Waals surface area contributed by atoms with E-state index in [0.29, 0.717) is 6.04 Å². The molecule has 19 heavy (non-hydrogen) atoms. The molecule has 2 fully saturated rings. The average molecular weight is 269 g/mol. The van der Waals surface area contributed by atoms with Crippen molar-refractivity contribution in [1.82, 2.24) is 10.2 Å². The molecule has 112 valence electrons. The van der Waals surface area contributed by atoms with Gasteiger partial charge in [-0.1, -0.05) is 6.42 Å². The normalized spacial score (nSPS) is 33.5. The Balaban J connectivity index is 1.63. The van der Waals surface area contributed by atoms with Crippen LogP contribution >= 0.6 is 0 Å². The van der Waals surface area contributed by atoms with Crippen molar-refractivity contribution in [1.29, 1.82) is 0 Å². The number of hydrogen-bond acceptors (Lipinski definition) is 4. The van der Waals surface area contributed by atoms with Crippen LogP contribution in [-0.2, 0) is 0 Å². The Labute approximate surface area is 117 Å². The summed E-state index contributed by atoms with van der Waals surface area (Å²) in [6, 6.07) is 0.687. The van der Waals surface area contributed by atoms with Gasteiger partial charge in [-0.3, -0.25) is 4.90 Å². The van der Waals surface area contributed by atoms with Crippen LogP contribution in [0.15, 0.2) is 0 Å². The summed E-state index contributed by atoms with van der Waals surface area (Å²) in [6.07, 6.45) is 8.34. The first-order valence-corrected chi connectivity index (χ1v) is 8.12. The molecule has 1 aliphatic carbocycles. The third-order valence-corrected chi connectivity index (χ3v) is 4.79. The predicted molar refractivity (Wildman–Crippen MR) is 79.1 cm³/mol. The minimum atomic E-state index is -0.0327. The molecule has 1 saturated heterocycles. The topological polar surface area (TPSA) is 61.5 Å². The molecule has 0 spiro atoms. The molecule has 1 saturated carbocycles. The summed E-state index contributed by atoms with van der Waals surface area (Å²) in [7, 11) is 0. The Kier molecular flexibility index (Phi) is 6.57. The number of hydrogen-bond donors (Lipinski definition) is 3. The zero-order chi connectivity index (χ0) is 13.5. The van der Waals surface area contributed by atoms with Crippen molar-refractivity contribution >= 4 is 0 Å². The zero-order valence-electron chi connectivity index (χ0n) is 12.2. The van der Waals surface area contributed by atoms with Crippen LogP contribution in [0.1, 0.15) is 44.9 Å². The monoisotopic (exact) mass is 269 g/mol. The standard InChI is InChI=1S/C15H31N3O/c16-8-10-18-9-2-1-3-14(18)12-17-11-13-4-6-15(19)7-5-13/h13-15,17,19H,1-12,16H2/t13-,14?,15-. The van der Waals surface area contributed by atoms with Gasteiger partial charge in [-0.15, -0.1) is 0 Å². The van der Waals surface area contributed by atoms with Crippen LogP contribution in [0.25, 0.3) is 0 Å². The van der Waals surface area contributed by atoms with E-state index < -0.39 is 0 Å². The molecule has 1 unspecified atom stereocenters. The van der Waals surface area contributed by atoms with Crippen molar-refractivity contribution in [2.75, 3.05) is 32.7 Å². The number of aliphatic hydroxyl groups excluding tert-OH is 1. The number of nitrogens with zero attached hydrogens (tertiary/aromatic N) is 1. The van der Waals surface area contributed by atoms with E-state index in [4.69, 9.17) is 5.73 Å². The smallest absolute Gasteiger partial charge is 0.0540 e. The lowest BCUT2D eigenvalue weighted by atomic mass is 9.87. The minimum Gasteiger partial charge on any atom is -0.393 e. The van der Waals surface area contributed by atoms with E-state index in [1.807, 2.05) is 0 Å². The second-order valence-corrected chi connectivity index (χ2v) is 6.31. The second kappa shape index (κ2) is 8.20. The quantitative estimate of drug-likeness (QED) is 0.671. The molecule has 2 rings (SSSR count). The molecule has 1 atom stereocenters. The Morgan fingerprint density at radius 1 is 1.05 bits per heavy atom. The van der Waals surface area contributed by atoms with Crippen LogP contribution in [0, 0.1) is 5.92 Å². The number of nitrogens with one attached hydrogen (secondary N) is 1. The molecule has 0 bridgehead atoms. The van der Waals surface area contributed by atoms with Gasteiger partial charge >= 0.3 is 0 Å². The van der Waals surface area contributed by atoms with Gasteiger partial charge in [0.15, 0.2) is 0 Å². The fraction of sp³-hybridized carbons (Fsp3) is 1.00. The van der Waals surface area contributed by atoms with Crippen LogP contribution in [-0.4, -0.2) is 54.9 Å². The van der Waals surface area contributed by atoms with E-state index in [1.165, 1.54) is 38.6 Å². The van der Waals surface area contributed by atoms with Crippen LogP contribution < -0.4 is 11.1 Å². The molecule has 0 aromatic carbocycles. The van der Waals surface area contributed by atoms with Crippen molar-refractivity contribution in [3.8, 4) is 0 Å². The highest BCUT2D eigenvalue weighted by Crippen LogP contribution is 2.23. The Bertz CT molecular complexity index is 240. The van der Waals surface area contributed by atoms with Gasteiger partial charge in [0.1, 0.15) is 0 Å². The molecule has 1 heterocycles. The summed E-state index contributed by atoms with van der Waals surface area (Å²) >= 11 is 0. The molecule has 0 aromatic heterocycles. The molecular weight excluding hydrogens is 238 g/mol. The molecular formula is C15H31N3O. The van der Waals surface area contributed by atoms with Crippen molar-refractivity contribution in [3.63, 3.8) is 0 Å². The molecule has 0 amide bonds. The third-order valence-electron chi connectivity index (χ3n) is 4.79. The number of piperidine rings is 1. The number of likely N-dealkylation sites (tertiary alicyclic amines) is 1. The van der Waals surface area contributed by atoms with Crippen molar-refractivity contribution in [2.24, 2.45) is 11.7 Å². The number of nitrogens with two attached hydrogens (primary N) is 1. The van der Waals surface area contributed by atoms with Gasteiger partial charge in [-0.25, -0.2) is 0 Å². The number of aliphatic hydroxyl groups is 1. The Morgan fingerprint density at radius 2 is 1.84 bits per heavy atom. The fourth-order valence-corrected chi connectivity index (χ4v) is 3.55. The largest absolute Gasteiger partial charge is 0.393 e. The second-order valence-electron chi connectivity index (χ2n) is 6.31. The molecule has 0 radical (unpaired) electrons. The first kappa shape index (κ1) is 15.2. The van der Waals surface area contributed by atoms with E-state index in [1.54, 1.807) is 0 Å². The maximum absolute atomic E-state index is 9.51. The first-order chi connectivity index (χ1) is 9.29. The highest BCUT2D eigenvalue weighted by atomic mass is 16.3. The zero-order valence-corrected chi connectivity index (χ0v) is 12.2. The van der Waals surface area contributed by atoms with E-state index in [9.17, 15) is 5.11 Å². The van der Waals surface area contributed by atoms with Crippen LogP contribution in [0.4, 0.5) is 0 Å². The van der Waals surface area contributed by atoms with Crippen LogP contribution in [0.3, 0.4) is 0 Å². The minimum absolute atomic E-state index is 0.0327. The van der Waals surface area contributed by atoms with Gasteiger partial charge in [0.25, 0.3) is 0 Å². The van der Waals surface area contributed by atoms with Crippen LogP contribution in [0.2, 0.25) is 0 Å². The SMILES string of the molecule is NCCN1CCCCC1CNC[C@H]1CC[C@H](O)CC1. The number of rotatable bonds is 6. The highest BCUT2D eigenvalue weighted by molar-refractivity contribution is 4.80. The van der Waals surface area contributed by atoms with Crippen molar-refractivity contribution in [2.45, 2.75) is 57.1 Å². The lowest BCUT2D eigenvalue weighted by Gasteiger charge is -2.36. The van der Waals surface area contributed by atoms with Gasteiger partial charge in [0, 0.05) is 25.7 Å². The van der Waals surface area contributed by atoms with Crippen LogP contribution in [0.5, 0.6) is 0 Å². The molecule has 4 heteroatoms. The van der Waals surface area contributed by atoms with Gasteiger partial charge in [-0.05, 0) is 57.5 Å². The fourth-order valence-electron chi connectivity index (χ4n) is 3.55. The van der Waals surface area contributed by atoms with Gasteiger partial charge in [0.2, 0.25) is 0 Å². The maximum atomic E-state index is 9.51. The summed E-state index contributed by atoms with van der Waals surface area (Å²) in [5, 5.41) is 13.2. The highest BCUT2D eigenvalue weighted by Gasteiger charge is 2.22. The lowest BCUT2D eigenvalue weighted by molar-refractivity contribution is 0.106. The van der Waals surface area contributed by atoms with Gasteiger partial charge in [-0.2, -0.15) is 0 Å².